The molecule has 0 amide bonds. The van der Waals surface area contributed by atoms with Crippen molar-refractivity contribution in [2.75, 3.05) is 4.90 Å². The molecule has 2 heterocycles. The highest BCUT2D eigenvalue weighted by Crippen LogP contribution is 2.37. The van der Waals surface area contributed by atoms with Crippen molar-refractivity contribution in [2.24, 2.45) is 5.92 Å². The highest BCUT2D eigenvalue weighted by atomic mass is 15.1. The Morgan fingerprint density at radius 3 is 1.18 bits per heavy atom. The topological polar surface area (TPSA) is 100 Å². The van der Waals surface area contributed by atoms with Gasteiger partial charge >= 0.3 is 0 Å². The Bertz CT molecular complexity index is 1560. The molecule has 39 heavy (non-hydrogen) atoms. The number of rotatable bonds is 7. The van der Waals surface area contributed by atoms with Crippen molar-refractivity contribution < 1.29 is 0 Å². The summed E-state index contributed by atoms with van der Waals surface area (Å²) >= 11 is 0. The second-order valence-electron chi connectivity index (χ2n) is 8.84. The van der Waals surface area contributed by atoms with Gasteiger partial charge in [0, 0.05) is 41.8 Å². The molecule has 0 saturated heterocycles. The van der Waals surface area contributed by atoms with Gasteiger partial charge in [0.15, 0.2) is 5.92 Å². The first-order valence-corrected chi connectivity index (χ1v) is 12.3. The molecule has 0 spiro atoms. The van der Waals surface area contributed by atoms with E-state index in [0.717, 1.165) is 39.3 Å². The number of hydrogen-bond acceptors (Lipinski definition) is 6. The van der Waals surface area contributed by atoms with Gasteiger partial charge in [-0.3, -0.25) is 9.97 Å². The van der Waals surface area contributed by atoms with Crippen molar-refractivity contribution >= 4 is 17.1 Å². The highest BCUT2D eigenvalue weighted by Gasteiger charge is 2.23. The molecule has 6 nitrogen and oxygen atoms in total. The maximum atomic E-state index is 9.62. The van der Waals surface area contributed by atoms with Gasteiger partial charge in [-0.05, 0) is 88.5 Å². The summed E-state index contributed by atoms with van der Waals surface area (Å²) in [4.78, 5) is 10.3. The second kappa shape index (κ2) is 11.5. The molecule has 2 aromatic heterocycles. The zero-order valence-corrected chi connectivity index (χ0v) is 20.9. The molecule has 0 N–H and O–H groups in total. The Morgan fingerprint density at radius 1 is 0.462 bits per heavy atom. The monoisotopic (exact) mass is 502 g/mol. The minimum absolute atomic E-state index is 0.635. The first-order chi connectivity index (χ1) is 19.2. The third-order valence-electron chi connectivity index (χ3n) is 6.54. The predicted octanol–water partition coefficient (Wildman–Crippen LogP) is 7.55. The SMILES string of the molecule is N#CC(C#N)C(C#N)c1ccc(N(c2ccc(-c3ccncc3)cc2)c2ccc(-c3ccncc3)cc2)cc1. The number of pyridine rings is 2. The molecule has 0 fully saturated rings. The van der Waals surface area contributed by atoms with Crippen LogP contribution in [0.2, 0.25) is 0 Å². The molecule has 184 valence electrons. The third kappa shape index (κ3) is 5.35. The van der Waals surface area contributed by atoms with Crippen molar-refractivity contribution in [3.05, 3.63) is 127 Å². The van der Waals surface area contributed by atoms with E-state index in [0.29, 0.717) is 5.56 Å². The quantitative estimate of drug-likeness (QED) is 0.228. The third-order valence-corrected chi connectivity index (χ3v) is 6.54. The molecule has 0 aliphatic rings. The number of nitriles is 3. The van der Waals surface area contributed by atoms with Gasteiger partial charge in [-0.25, -0.2) is 0 Å². The maximum Gasteiger partial charge on any atom is 0.153 e. The van der Waals surface area contributed by atoms with E-state index in [1.807, 2.05) is 60.7 Å². The average molecular weight is 503 g/mol. The summed E-state index contributed by atoms with van der Waals surface area (Å²) in [5, 5.41) is 28.2. The van der Waals surface area contributed by atoms with Crippen molar-refractivity contribution in [1.82, 2.24) is 9.97 Å². The molecule has 0 aliphatic heterocycles. The van der Waals surface area contributed by atoms with E-state index in [9.17, 15) is 15.8 Å². The Kier molecular flexibility index (Phi) is 7.36. The van der Waals surface area contributed by atoms with Gasteiger partial charge in [0.2, 0.25) is 0 Å². The van der Waals surface area contributed by atoms with E-state index in [4.69, 9.17) is 0 Å². The van der Waals surface area contributed by atoms with Gasteiger partial charge in [-0.1, -0.05) is 36.4 Å². The Labute approximate surface area is 227 Å². The van der Waals surface area contributed by atoms with Crippen LogP contribution in [-0.4, -0.2) is 9.97 Å². The lowest BCUT2D eigenvalue weighted by Gasteiger charge is -2.26. The van der Waals surface area contributed by atoms with Crippen LogP contribution in [0.1, 0.15) is 11.5 Å². The van der Waals surface area contributed by atoms with E-state index >= 15 is 0 Å². The fourth-order valence-electron chi connectivity index (χ4n) is 4.49. The molecule has 5 rings (SSSR count). The van der Waals surface area contributed by atoms with Crippen LogP contribution in [0.25, 0.3) is 22.3 Å². The molecular weight excluding hydrogens is 480 g/mol. The van der Waals surface area contributed by atoms with E-state index in [1.54, 1.807) is 24.8 Å². The first-order valence-electron chi connectivity index (χ1n) is 12.3. The zero-order valence-electron chi connectivity index (χ0n) is 20.9. The molecule has 0 aliphatic carbocycles. The molecule has 0 saturated carbocycles. The summed E-state index contributed by atoms with van der Waals surface area (Å²) in [6, 6.07) is 37.9. The highest BCUT2D eigenvalue weighted by molar-refractivity contribution is 5.79. The van der Waals surface area contributed by atoms with Crippen LogP contribution in [0, 0.1) is 39.9 Å². The van der Waals surface area contributed by atoms with Crippen molar-refractivity contribution in [2.45, 2.75) is 5.92 Å². The molecular formula is C33H22N6. The molecule has 1 atom stereocenters. The number of nitrogens with zero attached hydrogens (tertiary/aromatic N) is 6. The van der Waals surface area contributed by atoms with E-state index in [2.05, 4.69) is 69.5 Å². The normalized spacial score (nSPS) is 11.1. The van der Waals surface area contributed by atoms with Gasteiger partial charge in [0.1, 0.15) is 5.92 Å². The number of benzene rings is 3. The van der Waals surface area contributed by atoms with Gasteiger partial charge in [0.25, 0.3) is 0 Å². The molecule has 1 unspecified atom stereocenters. The number of aromatic nitrogens is 2. The van der Waals surface area contributed by atoms with Gasteiger partial charge in [0.05, 0.1) is 18.2 Å². The minimum atomic E-state index is -1.03. The van der Waals surface area contributed by atoms with Gasteiger partial charge < -0.3 is 4.90 Å². The molecule has 5 aromatic rings. The Balaban J connectivity index is 1.54. The van der Waals surface area contributed by atoms with Gasteiger partial charge in [-0.15, -0.1) is 0 Å². The van der Waals surface area contributed by atoms with Crippen molar-refractivity contribution in [3.8, 4) is 40.5 Å². The van der Waals surface area contributed by atoms with Crippen molar-refractivity contribution in [3.63, 3.8) is 0 Å². The summed E-state index contributed by atoms with van der Waals surface area (Å²) in [7, 11) is 0. The zero-order chi connectivity index (χ0) is 27.0. The predicted molar refractivity (Wildman–Crippen MR) is 151 cm³/mol. The van der Waals surface area contributed by atoms with E-state index in [-0.39, 0.29) is 0 Å². The molecule has 6 heteroatoms. The van der Waals surface area contributed by atoms with Crippen LogP contribution in [0.4, 0.5) is 17.1 Å². The fourth-order valence-corrected chi connectivity index (χ4v) is 4.49. The Morgan fingerprint density at radius 2 is 0.821 bits per heavy atom. The smallest absolute Gasteiger partial charge is 0.153 e. The lowest BCUT2D eigenvalue weighted by Crippen LogP contribution is -2.11. The largest absolute Gasteiger partial charge is 0.311 e. The van der Waals surface area contributed by atoms with Crippen molar-refractivity contribution in [1.29, 1.82) is 15.8 Å². The standard InChI is InChI=1S/C33H22N6/c34-21-29(22-35)33(23-36)28-5-11-32(12-6-28)39(30-7-1-24(2-8-30)26-13-17-37-18-14-26)31-9-3-25(4-10-31)27-15-19-38-20-16-27/h1-20,29,33H. The van der Waals surface area contributed by atoms with Crippen LogP contribution >= 0.6 is 0 Å². The van der Waals surface area contributed by atoms with Gasteiger partial charge in [-0.2, -0.15) is 15.8 Å². The minimum Gasteiger partial charge on any atom is -0.311 e. The maximum absolute atomic E-state index is 9.62. The molecule has 0 radical (unpaired) electrons. The fraction of sp³-hybridized carbons (Fsp3) is 0.0606. The summed E-state index contributed by atoms with van der Waals surface area (Å²) < 4.78 is 0. The average Bonchev–Trinajstić information content (AvgIpc) is 3.02. The molecule has 3 aromatic carbocycles. The summed E-state index contributed by atoms with van der Waals surface area (Å²) in [6.45, 7) is 0. The first kappa shape index (κ1) is 24.9. The number of hydrogen-bond donors (Lipinski definition) is 0. The summed E-state index contributed by atoms with van der Waals surface area (Å²) in [6.07, 6.45) is 7.11. The van der Waals surface area contributed by atoms with Crippen LogP contribution in [-0.2, 0) is 0 Å². The van der Waals surface area contributed by atoms with E-state index < -0.39 is 11.8 Å². The number of anilines is 3. The van der Waals surface area contributed by atoms with E-state index in [1.165, 1.54) is 0 Å². The molecule has 0 bridgehead atoms. The lowest BCUT2D eigenvalue weighted by atomic mass is 9.89. The van der Waals surface area contributed by atoms with Crippen LogP contribution in [0.5, 0.6) is 0 Å². The van der Waals surface area contributed by atoms with Crippen LogP contribution < -0.4 is 4.90 Å². The lowest BCUT2D eigenvalue weighted by molar-refractivity contribution is 0.745. The summed E-state index contributed by atoms with van der Waals surface area (Å²) in [5.41, 5.74) is 7.77. The van der Waals surface area contributed by atoms with Crippen LogP contribution in [0.15, 0.2) is 122 Å². The second-order valence-corrected chi connectivity index (χ2v) is 8.84. The van der Waals surface area contributed by atoms with Crippen LogP contribution in [0.3, 0.4) is 0 Å². The summed E-state index contributed by atoms with van der Waals surface area (Å²) in [5.74, 6) is -1.85. The Hall–Kier alpha value is -5.77.